The van der Waals surface area contributed by atoms with E-state index in [1.807, 2.05) is 0 Å². The molecule has 1 saturated carbocycles. The van der Waals surface area contributed by atoms with Crippen LogP contribution in [0.1, 0.15) is 0 Å². The fraction of sp³-hybridized carbons (Fsp3) is 1.00. The first-order chi connectivity index (χ1) is 15.0. The fourth-order valence-electron chi connectivity index (χ4n) is 4.49. The summed E-state index contributed by atoms with van der Waals surface area (Å²) in [6.07, 6.45) is 0. The molecule has 176 valence electrons. The smallest absolute Gasteiger partial charge is 0.238 e. The highest BCUT2D eigenvalue weighted by Gasteiger charge is 3.16. The number of hydrogen-bond acceptors (Lipinski definition) is 22. The summed E-state index contributed by atoms with van der Waals surface area (Å²) in [6.45, 7) is 0. The number of hydrogen-bond donors (Lipinski definition) is 0. The Kier molecular flexibility index (Phi) is 2.82. The monoisotopic (exact) mass is 548 g/mol. The minimum Gasteiger partial charge on any atom is -0.238 e. The minimum atomic E-state index is -5.01. The van der Waals surface area contributed by atoms with Crippen LogP contribution in [0, 0.1) is 0 Å². The van der Waals surface area contributed by atoms with Crippen LogP contribution in [-0.2, 0) is 103 Å². The summed E-state index contributed by atoms with van der Waals surface area (Å²) in [7, 11) is -20.0. The normalized spacial score (nSPS) is 73.8. The van der Waals surface area contributed by atoms with Crippen molar-refractivity contribution < 1.29 is 103 Å². The van der Waals surface area contributed by atoms with Crippen LogP contribution in [0.25, 0.3) is 0 Å². The predicted octanol–water partition coefficient (Wildman–Crippen LogP) is 0.508. The van der Waals surface area contributed by atoms with E-state index in [9.17, 15) is 18.3 Å². The fourth-order valence-corrected chi connectivity index (χ4v) is 9.55. The summed E-state index contributed by atoms with van der Waals surface area (Å²) in [5.74, 6) is -19.3. The molecule has 6 spiro atoms. The second-order valence-corrected chi connectivity index (χ2v) is 12.6. The quantitative estimate of drug-likeness (QED) is 0.296. The Morgan fingerprint density at radius 2 is 0.500 bits per heavy atom. The van der Waals surface area contributed by atoms with Gasteiger partial charge in [0, 0.05) is 0 Å². The Morgan fingerprint density at radius 3 is 0.688 bits per heavy atom. The van der Waals surface area contributed by atoms with Crippen LogP contribution in [0.2, 0.25) is 0 Å². The molecule has 22 nitrogen and oxygen atoms in total. The van der Waals surface area contributed by atoms with Crippen molar-refractivity contribution in [3.8, 4) is 0 Å². The standard InChI is InChI=1S/C6O22P4/c7-29-17-1-3(19-29)6(16-28-31(9,23-11-1)25-13-3)2-4(20-30(8,18-2)22-6)5(1,21-29)15-27-32(10,24-12-2)26-14-4/t1-,2-,3-,4+,5+,6+,29?,30?,31?,32?/m1/s1. The van der Waals surface area contributed by atoms with Crippen molar-refractivity contribution in [2.75, 3.05) is 0 Å². The van der Waals surface area contributed by atoms with Crippen molar-refractivity contribution in [2.24, 2.45) is 0 Å². The largest absolute Gasteiger partial charge is 0.557 e. The second kappa shape index (κ2) is 4.65. The third-order valence-corrected chi connectivity index (χ3v) is 9.94. The van der Waals surface area contributed by atoms with Crippen LogP contribution >= 0.6 is 31.3 Å². The Morgan fingerprint density at radius 1 is 0.312 bits per heavy atom. The molecule has 0 aromatic rings. The highest BCUT2D eigenvalue weighted by atomic mass is 31.2. The van der Waals surface area contributed by atoms with Crippen LogP contribution in [0.5, 0.6) is 0 Å². The molecule has 11 rings (SSSR count). The van der Waals surface area contributed by atoms with Crippen molar-refractivity contribution in [1.82, 2.24) is 0 Å². The molecule has 0 aromatic heterocycles. The maximum atomic E-state index is 13.2. The maximum absolute atomic E-state index is 13.2. The third kappa shape index (κ3) is 1.47. The van der Waals surface area contributed by atoms with Crippen molar-refractivity contribution in [2.45, 2.75) is 34.7 Å². The molecule has 0 atom stereocenters. The van der Waals surface area contributed by atoms with E-state index in [4.69, 9.17) is 56.5 Å². The van der Waals surface area contributed by atoms with Gasteiger partial charge in [-0.3, -0.25) is 0 Å². The van der Waals surface area contributed by atoms with Gasteiger partial charge in [-0.1, -0.05) is 0 Å². The molecule has 10 heterocycles. The summed E-state index contributed by atoms with van der Waals surface area (Å²) in [6, 6.07) is 0. The zero-order chi connectivity index (χ0) is 21.7. The molecule has 0 radical (unpaired) electrons. The van der Waals surface area contributed by atoms with Gasteiger partial charge in [0.25, 0.3) is 0 Å². The molecule has 0 unspecified atom stereocenters. The lowest BCUT2D eigenvalue weighted by atomic mass is 9.69. The van der Waals surface area contributed by atoms with Gasteiger partial charge in [0.1, 0.15) is 0 Å². The molecular weight excluding hydrogens is 548 g/mol. The van der Waals surface area contributed by atoms with Crippen molar-refractivity contribution in [3.63, 3.8) is 0 Å². The minimum absolute atomic E-state index is 3.19. The van der Waals surface area contributed by atoms with E-state index in [0.29, 0.717) is 0 Å². The van der Waals surface area contributed by atoms with E-state index in [1.165, 1.54) is 0 Å². The van der Waals surface area contributed by atoms with Crippen molar-refractivity contribution in [3.05, 3.63) is 0 Å². The van der Waals surface area contributed by atoms with Crippen LogP contribution < -0.4 is 0 Å². The third-order valence-electron chi connectivity index (χ3n) is 5.52. The summed E-state index contributed by atoms with van der Waals surface area (Å²) >= 11 is 0. The van der Waals surface area contributed by atoms with Gasteiger partial charge in [-0.25, -0.2) is 45.4 Å². The van der Waals surface area contributed by atoms with E-state index in [-0.39, 0.29) is 0 Å². The van der Waals surface area contributed by atoms with Crippen LogP contribution in [0.3, 0.4) is 0 Å². The topological polar surface area (TPSA) is 234 Å². The number of rotatable bonds is 0. The highest BCUT2D eigenvalue weighted by Crippen LogP contribution is 2.95. The highest BCUT2D eigenvalue weighted by molar-refractivity contribution is 7.50. The van der Waals surface area contributed by atoms with Gasteiger partial charge in [-0.15, -0.1) is 28.0 Å². The van der Waals surface area contributed by atoms with E-state index in [0.717, 1.165) is 0 Å². The molecular formula is C6O22P4. The molecule has 32 heavy (non-hydrogen) atoms. The molecule has 0 amide bonds. The average Bonchev–Trinajstić information content (AvgIpc) is 3.23. The molecule has 10 aliphatic heterocycles. The van der Waals surface area contributed by atoms with E-state index in [2.05, 4.69) is 28.0 Å². The summed E-state index contributed by atoms with van der Waals surface area (Å²) in [4.78, 5) is 30.3. The van der Waals surface area contributed by atoms with Gasteiger partial charge >= 0.3 is 66.0 Å². The lowest BCUT2D eigenvalue weighted by Gasteiger charge is -2.62. The van der Waals surface area contributed by atoms with Crippen LogP contribution in [-0.4, -0.2) is 34.7 Å². The number of phosphoric ester groups is 2. The lowest BCUT2D eigenvalue weighted by molar-refractivity contribution is -0.690. The Labute approximate surface area is 169 Å². The van der Waals surface area contributed by atoms with E-state index >= 15 is 0 Å². The molecule has 26 heteroatoms. The lowest BCUT2D eigenvalue weighted by Crippen LogP contribution is -2.96. The summed E-state index contributed by atoms with van der Waals surface area (Å²) in [5, 5.41) is 0. The molecule has 10 saturated heterocycles. The van der Waals surface area contributed by atoms with Gasteiger partial charge in [0.2, 0.25) is 0 Å². The first-order valence-electron chi connectivity index (χ1n) is 7.87. The van der Waals surface area contributed by atoms with Gasteiger partial charge in [0.15, 0.2) is 0 Å². The number of fused-ring (bicyclic) bond motifs is 4. The SMILES string of the molecule is O=P12OO[C@]34OP5(=O)O[C@@]36OOP3(=O)OO[C@]78OP(=O)(O[C@]7(OO1)[C@@]4(OO2)O5)O[C@@]68OO3. The zero-order valence-corrected chi connectivity index (χ0v) is 17.3. The van der Waals surface area contributed by atoms with Gasteiger partial charge < -0.3 is 0 Å². The summed E-state index contributed by atoms with van der Waals surface area (Å²) in [5.41, 5.74) is 0. The van der Waals surface area contributed by atoms with Crippen LogP contribution in [0.15, 0.2) is 0 Å². The molecule has 1 aliphatic carbocycles. The van der Waals surface area contributed by atoms with E-state index in [1.54, 1.807) is 0 Å². The molecule has 11 aliphatic rings. The second-order valence-electron chi connectivity index (χ2n) is 6.98. The van der Waals surface area contributed by atoms with Gasteiger partial charge in [-0.05, 0) is 0 Å². The average molecular weight is 548 g/mol. The predicted molar refractivity (Wildman–Crippen MR) is 66.3 cm³/mol. The number of phosphoric acid groups is 4. The molecule has 0 N–H and O–H groups in total. The van der Waals surface area contributed by atoms with Crippen molar-refractivity contribution >= 4 is 31.3 Å². The molecule has 10 bridgehead atoms. The molecule has 0 aromatic carbocycles. The summed E-state index contributed by atoms with van der Waals surface area (Å²) < 4.78 is 111. The first-order valence-corrected chi connectivity index (χ1v) is 13.7. The zero-order valence-electron chi connectivity index (χ0n) is 13.8. The van der Waals surface area contributed by atoms with Crippen LogP contribution in [0.4, 0.5) is 0 Å². The van der Waals surface area contributed by atoms with Gasteiger partial charge in [-0.2, -0.15) is 29.3 Å². The van der Waals surface area contributed by atoms with Gasteiger partial charge in [0.05, 0.1) is 0 Å². The van der Waals surface area contributed by atoms with Crippen molar-refractivity contribution in [1.29, 1.82) is 0 Å². The Balaban J connectivity index is 1.49. The Bertz CT molecular complexity index is 1150. The Hall–Kier alpha value is 0.200. The van der Waals surface area contributed by atoms with E-state index < -0.39 is 66.0 Å². The molecule has 11 fully saturated rings. The maximum Gasteiger partial charge on any atom is 0.557 e. The first kappa shape index (κ1) is 19.4.